The van der Waals surface area contributed by atoms with Crippen LogP contribution >= 0.6 is 22.9 Å². The topological polar surface area (TPSA) is 46.0 Å². The first-order valence-corrected chi connectivity index (χ1v) is 5.92. The molecule has 0 aromatic carbocycles. The fourth-order valence-corrected chi connectivity index (χ4v) is 2.63. The minimum atomic E-state index is -0.464. The second-order valence-electron chi connectivity index (χ2n) is 3.02. The van der Waals surface area contributed by atoms with Crippen LogP contribution in [0.4, 0.5) is 0 Å². The maximum absolute atomic E-state index is 9.90. The SMILES string of the molecule is Cc1nnsc1C(O)Cc1cccs1. The van der Waals surface area contributed by atoms with Gasteiger partial charge >= 0.3 is 0 Å². The molecule has 0 saturated carbocycles. The quantitative estimate of drug-likeness (QED) is 0.872. The van der Waals surface area contributed by atoms with Gasteiger partial charge in [0.25, 0.3) is 0 Å². The Balaban J connectivity index is 2.10. The van der Waals surface area contributed by atoms with Gasteiger partial charge in [-0.05, 0) is 29.9 Å². The predicted molar refractivity (Wildman–Crippen MR) is 57.6 cm³/mol. The van der Waals surface area contributed by atoms with Gasteiger partial charge in [0.1, 0.15) is 0 Å². The number of aliphatic hydroxyl groups excluding tert-OH is 1. The Morgan fingerprint density at radius 3 is 3.00 bits per heavy atom. The number of hydrogen-bond acceptors (Lipinski definition) is 5. The van der Waals surface area contributed by atoms with Crippen LogP contribution in [0.25, 0.3) is 0 Å². The fourth-order valence-electron chi connectivity index (χ4n) is 1.25. The Labute approximate surface area is 90.2 Å². The average molecular weight is 226 g/mol. The molecule has 0 radical (unpaired) electrons. The van der Waals surface area contributed by atoms with E-state index in [1.807, 2.05) is 24.4 Å². The number of nitrogens with zero attached hydrogens (tertiary/aromatic N) is 2. The molecule has 0 aliphatic heterocycles. The molecule has 0 fully saturated rings. The summed E-state index contributed by atoms with van der Waals surface area (Å²) in [7, 11) is 0. The van der Waals surface area contributed by atoms with Gasteiger partial charge in [0.05, 0.1) is 16.7 Å². The summed E-state index contributed by atoms with van der Waals surface area (Å²) in [5.41, 5.74) is 0.832. The van der Waals surface area contributed by atoms with Crippen molar-refractivity contribution >= 4 is 22.9 Å². The van der Waals surface area contributed by atoms with E-state index in [9.17, 15) is 5.11 Å². The Kier molecular flexibility index (Phi) is 2.90. The molecule has 2 rings (SSSR count). The smallest absolute Gasteiger partial charge is 0.0965 e. The van der Waals surface area contributed by atoms with Crippen LogP contribution in [0.5, 0.6) is 0 Å². The first-order chi connectivity index (χ1) is 6.77. The van der Waals surface area contributed by atoms with Gasteiger partial charge in [-0.25, -0.2) is 0 Å². The first kappa shape index (κ1) is 9.76. The van der Waals surface area contributed by atoms with E-state index in [2.05, 4.69) is 9.59 Å². The van der Waals surface area contributed by atoms with E-state index in [1.54, 1.807) is 11.3 Å². The molecular weight excluding hydrogens is 216 g/mol. The second-order valence-corrected chi connectivity index (χ2v) is 4.84. The normalized spacial score (nSPS) is 13.0. The summed E-state index contributed by atoms with van der Waals surface area (Å²) >= 11 is 2.93. The number of aliphatic hydroxyl groups is 1. The standard InChI is InChI=1S/C9H10N2OS2/c1-6-9(14-11-10-6)8(12)5-7-3-2-4-13-7/h2-4,8,12H,5H2,1H3. The van der Waals surface area contributed by atoms with Crippen molar-refractivity contribution in [2.75, 3.05) is 0 Å². The molecule has 1 N–H and O–H groups in total. The third-order valence-corrected chi connectivity index (χ3v) is 3.79. The summed E-state index contributed by atoms with van der Waals surface area (Å²) in [5, 5.41) is 15.8. The lowest BCUT2D eigenvalue weighted by Crippen LogP contribution is -1.99. The Bertz CT molecular complexity index is 397. The number of rotatable bonds is 3. The zero-order valence-corrected chi connectivity index (χ0v) is 9.31. The lowest BCUT2D eigenvalue weighted by molar-refractivity contribution is 0.182. The molecule has 0 amide bonds. The van der Waals surface area contributed by atoms with E-state index in [4.69, 9.17) is 0 Å². The molecule has 0 aliphatic carbocycles. The van der Waals surface area contributed by atoms with Crippen LogP contribution in [0.3, 0.4) is 0 Å². The molecule has 74 valence electrons. The molecule has 0 bridgehead atoms. The van der Waals surface area contributed by atoms with Crippen molar-refractivity contribution in [3.63, 3.8) is 0 Å². The van der Waals surface area contributed by atoms with E-state index < -0.39 is 6.10 Å². The third-order valence-electron chi connectivity index (χ3n) is 1.96. The van der Waals surface area contributed by atoms with E-state index >= 15 is 0 Å². The summed E-state index contributed by atoms with van der Waals surface area (Å²) in [4.78, 5) is 2.06. The van der Waals surface area contributed by atoms with Gasteiger partial charge in [-0.3, -0.25) is 0 Å². The van der Waals surface area contributed by atoms with Crippen molar-refractivity contribution in [3.8, 4) is 0 Å². The largest absolute Gasteiger partial charge is 0.387 e. The highest BCUT2D eigenvalue weighted by Crippen LogP contribution is 2.24. The maximum Gasteiger partial charge on any atom is 0.0965 e. The van der Waals surface area contributed by atoms with E-state index in [1.165, 1.54) is 16.4 Å². The highest BCUT2D eigenvalue weighted by atomic mass is 32.1. The fraction of sp³-hybridized carbons (Fsp3) is 0.333. The monoisotopic (exact) mass is 226 g/mol. The Hall–Kier alpha value is -0.780. The molecular formula is C9H10N2OS2. The molecule has 0 spiro atoms. The highest BCUT2D eigenvalue weighted by molar-refractivity contribution is 7.10. The summed E-state index contributed by atoms with van der Waals surface area (Å²) in [6.07, 6.45) is 0.191. The van der Waals surface area contributed by atoms with Gasteiger partial charge in [-0.1, -0.05) is 10.6 Å². The third kappa shape index (κ3) is 2.00. The van der Waals surface area contributed by atoms with Gasteiger partial charge in [0.2, 0.25) is 0 Å². The van der Waals surface area contributed by atoms with Crippen LogP contribution in [0, 0.1) is 6.92 Å². The number of thiophene rings is 1. The van der Waals surface area contributed by atoms with Crippen LogP contribution in [-0.4, -0.2) is 14.7 Å². The lowest BCUT2D eigenvalue weighted by Gasteiger charge is -2.05. The molecule has 14 heavy (non-hydrogen) atoms. The lowest BCUT2D eigenvalue weighted by atomic mass is 10.2. The molecule has 2 aromatic rings. The van der Waals surface area contributed by atoms with Crippen molar-refractivity contribution in [2.24, 2.45) is 0 Å². The van der Waals surface area contributed by atoms with Crippen molar-refractivity contribution in [1.29, 1.82) is 0 Å². The van der Waals surface area contributed by atoms with Crippen LogP contribution < -0.4 is 0 Å². The number of hydrogen-bond donors (Lipinski definition) is 1. The molecule has 0 aliphatic rings. The zero-order chi connectivity index (χ0) is 9.97. The average Bonchev–Trinajstić information content (AvgIpc) is 2.75. The van der Waals surface area contributed by atoms with Crippen LogP contribution in [0.1, 0.15) is 21.6 Å². The van der Waals surface area contributed by atoms with Crippen LogP contribution in [0.2, 0.25) is 0 Å². The van der Waals surface area contributed by atoms with Crippen molar-refractivity contribution in [3.05, 3.63) is 33.0 Å². The van der Waals surface area contributed by atoms with E-state index in [-0.39, 0.29) is 0 Å². The molecule has 1 atom stereocenters. The van der Waals surface area contributed by atoms with Gasteiger partial charge in [0, 0.05) is 11.3 Å². The molecule has 2 heterocycles. The zero-order valence-electron chi connectivity index (χ0n) is 7.67. The summed E-state index contributed by atoms with van der Waals surface area (Å²) in [6.45, 7) is 1.87. The maximum atomic E-state index is 9.90. The van der Waals surface area contributed by atoms with Crippen molar-refractivity contribution in [1.82, 2.24) is 9.59 Å². The molecule has 1 unspecified atom stereocenters. The Morgan fingerprint density at radius 1 is 1.57 bits per heavy atom. The molecule has 5 heteroatoms. The predicted octanol–water partition coefficient (Wildman–Crippen LogP) is 2.18. The molecule has 3 nitrogen and oxygen atoms in total. The second kappa shape index (κ2) is 4.16. The first-order valence-electron chi connectivity index (χ1n) is 4.26. The van der Waals surface area contributed by atoms with Crippen LogP contribution in [-0.2, 0) is 6.42 Å². The molecule has 0 saturated heterocycles. The van der Waals surface area contributed by atoms with E-state index in [0.717, 1.165) is 10.6 Å². The number of aromatic nitrogens is 2. The number of aryl methyl sites for hydroxylation is 1. The van der Waals surface area contributed by atoms with E-state index in [0.29, 0.717) is 6.42 Å². The van der Waals surface area contributed by atoms with Gasteiger partial charge < -0.3 is 5.11 Å². The Morgan fingerprint density at radius 2 is 2.43 bits per heavy atom. The summed E-state index contributed by atoms with van der Waals surface area (Å²) in [5.74, 6) is 0. The highest BCUT2D eigenvalue weighted by Gasteiger charge is 2.14. The van der Waals surface area contributed by atoms with Crippen molar-refractivity contribution < 1.29 is 5.11 Å². The van der Waals surface area contributed by atoms with Gasteiger partial charge in [-0.15, -0.1) is 16.4 Å². The van der Waals surface area contributed by atoms with Crippen LogP contribution in [0.15, 0.2) is 17.5 Å². The summed E-state index contributed by atoms with van der Waals surface area (Å²) < 4.78 is 3.81. The van der Waals surface area contributed by atoms with Gasteiger partial charge in [-0.2, -0.15) is 0 Å². The molecule has 2 aromatic heterocycles. The minimum absolute atomic E-state index is 0.464. The summed E-state index contributed by atoms with van der Waals surface area (Å²) in [6, 6.07) is 4.02. The minimum Gasteiger partial charge on any atom is -0.387 e. The van der Waals surface area contributed by atoms with Gasteiger partial charge in [0.15, 0.2) is 0 Å². The van der Waals surface area contributed by atoms with Crippen molar-refractivity contribution in [2.45, 2.75) is 19.4 Å².